The quantitative estimate of drug-likeness (QED) is 0.474. The minimum Gasteiger partial charge on any atom is -0.484 e. The van der Waals surface area contributed by atoms with Gasteiger partial charge in [0.05, 0.1) is 11.9 Å². The van der Waals surface area contributed by atoms with Crippen molar-refractivity contribution >= 4 is 28.9 Å². The molecule has 9 heteroatoms. The van der Waals surface area contributed by atoms with Gasteiger partial charge in [0, 0.05) is 6.20 Å². The summed E-state index contributed by atoms with van der Waals surface area (Å²) in [4.78, 5) is 24.0. The van der Waals surface area contributed by atoms with Gasteiger partial charge >= 0.3 is 0 Å². The smallest absolute Gasteiger partial charge is 0.276 e. The Morgan fingerprint density at radius 3 is 2.65 bits per heavy atom. The first kappa shape index (κ1) is 17.0. The second kappa shape index (κ2) is 8.29. The Morgan fingerprint density at radius 1 is 1.08 bits per heavy atom. The molecule has 1 aromatic carbocycles. The fourth-order valence-electron chi connectivity index (χ4n) is 2.00. The van der Waals surface area contributed by atoms with E-state index in [2.05, 4.69) is 31.1 Å². The molecule has 26 heavy (non-hydrogen) atoms. The normalized spacial score (nSPS) is 10.0. The summed E-state index contributed by atoms with van der Waals surface area (Å²) in [6.45, 7) is -0.150. The Bertz CT molecular complexity index is 860. The Kier molecular flexibility index (Phi) is 5.41. The van der Waals surface area contributed by atoms with E-state index in [-0.39, 0.29) is 24.0 Å². The molecule has 0 bridgehead atoms. The van der Waals surface area contributed by atoms with Gasteiger partial charge < -0.3 is 15.8 Å². The summed E-state index contributed by atoms with van der Waals surface area (Å²) in [6.07, 6.45) is 4.62. The number of amides is 1. The zero-order valence-electron chi connectivity index (χ0n) is 13.7. The monoisotopic (exact) mass is 351 g/mol. The van der Waals surface area contributed by atoms with Crippen molar-refractivity contribution in [3.63, 3.8) is 0 Å². The van der Waals surface area contributed by atoms with Crippen molar-refractivity contribution in [2.24, 2.45) is 0 Å². The number of nitrogens with two attached hydrogens (primary N) is 1. The van der Waals surface area contributed by atoms with E-state index < -0.39 is 0 Å². The van der Waals surface area contributed by atoms with Crippen LogP contribution in [0.2, 0.25) is 0 Å². The number of rotatable bonds is 7. The first-order valence-electron chi connectivity index (χ1n) is 7.72. The Morgan fingerprint density at radius 2 is 1.88 bits per heavy atom. The Hall–Kier alpha value is -3.88. The molecule has 3 rings (SSSR count). The second-order valence-corrected chi connectivity index (χ2v) is 5.13. The SMILES string of the molecule is Nc1c(NNC(=O)COc2ccccc2)ncnc1Nc1cccnc1. The largest absolute Gasteiger partial charge is 0.484 e. The van der Waals surface area contributed by atoms with Crippen LogP contribution in [0.25, 0.3) is 0 Å². The molecular formula is C17H17N7O2. The predicted molar refractivity (Wildman–Crippen MR) is 97.7 cm³/mol. The highest BCUT2D eigenvalue weighted by Gasteiger charge is 2.10. The molecule has 2 aromatic heterocycles. The average molecular weight is 351 g/mol. The van der Waals surface area contributed by atoms with Gasteiger partial charge in [0.2, 0.25) is 0 Å². The molecule has 0 unspecified atom stereocenters. The van der Waals surface area contributed by atoms with E-state index in [4.69, 9.17) is 10.5 Å². The molecule has 0 atom stereocenters. The van der Waals surface area contributed by atoms with Crippen molar-refractivity contribution in [1.29, 1.82) is 0 Å². The van der Waals surface area contributed by atoms with E-state index in [1.807, 2.05) is 24.3 Å². The van der Waals surface area contributed by atoms with Gasteiger partial charge in [0.25, 0.3) is 5.91 Å². The van der Waals surface area contributed by atoms with Gasteiger partial charge in [0.15, 0.2) is 18.2 Å². The lowest BCUT2D eigenvalue weighted by atomic mass is 10.3. The zero-order valence-corrected chi connectivity index (χ0v) is 13.7. The van der Waals surface area contributed by atoms with Crippen LogP contribution in [0.4, 0.5) is 23.0 Å². The van der Waals surface area contributed by atoms with Gasteiger partial charge in [-0.3, -0.25) is 20.6 Å². The molecule has 132 valence electrons. The lowest BCUT2D eigenvalue weighted by Crippen LogP contribution is -2.34. The molecule has 1 amide bonds. The van der Waals surface area contributed by atoms with Crippen LogP contribution < -0.4 is 26.6 Å². The van der Waals surface area contributed by atoms with Crippen LogP contribution in [-0.2, 0) is 4.79 Å². The molecule has 0 aliphatic rings. The van der Waals surface area contributed by atoms with Crippen molar-refractivity contribution in [2.45, 2.75) is 0 Å². The maximum atomic E-state index is 11.9. The van der Waals surface area contributed by atoms with E-state index in [9.17, 15) is 4.79 Å². The Balaban J connectivity index is 1.56. The summed E-state index contributed by atoms with van der Waals surface area (Å²) in [6, 6.07) is 12.6. The highest BCUT2D eigenvalue weighted by molar-refractivity contribution is 5.82. The van der Waals surface area contributed by atoms with Crippen LogP contribution >= 0.6 is 0 Å². The molecule has 0 aliphatic carbocycles. The van der Waals surface area contributed by atoms with Crippen LogP contribution in [-0.4, -0.2) is 27.5 Å². The highest BCUT2D eigenvalue weighted by atomic mass is 16.5. The summed E-state index contributed by atoms with van der Waals surface area (Å²) < 4.78 is 5.35. The number of hydrogen-bond acceptors (Lipinski definition) is 8. The van der Waals surface area contributed by atoms with E-state index in [1.54, 1.807) is 30.6 Å². The van der Waals surface area contributed by atoms with Crippen molar-refractivity contribution in [3.05, 3.63) is 61.2 Å². The minimum atomic E-state index is -0.381. The highest BCUT2D eigenvalue weighted by Crippen LogP contribution is 2.24. The number of para-hydroxylation sites is 1. The lowest BCUT2D eigenvalue weighted by Gasteiger charge is -2.13. The molecule has 0 aliphatic heterocycles. The number of hydrazine groups is 1. The van der Waals surface area contributed by atoms with Gasteiger partial charge in [-0.25, -0.2) is 9.97 Å². The van der Waals surface area contributed by atoms with Crippen molar-refractivity contribution < 1.29 is 9.53 Å². The third-order valence-corrected chi connectivity index (χ3v) is 3.24. The van der Waals surface area contributed by atoms with Gasteiger partial charge in [-0.15, -0.1) is 0 Å². The molecule has 0 radical (unpaired) electrons. The van der Waals surface area contributed by atoms with Gasteiger partial charge in [0.1, 0.15) is 17.8 Å². The average Bonchev–Trinajstić information content (AvgIpc) is 2.69. The zero-order chi connectivity index (χ0) is 18.2. The molecule has 9 nitrogen and oxygen atoms in total. The lowest BCUT2D eigenvalue weighted by molar-refractivity contribution is -0.122. The molecule has 3 aromatic rings. The minimum absolute atomic E-state index is 0.150. The van der Waals surface area contributed by atoms with E-state index >= 15 is 0 Å². The van der Waals surface area contributed by atoms with Crippen molar-refractivity contribution in [2.75, 3.05) is 23.1 Å². The van der Waals surface area contributed by atoms with Crippen LogP contribution in [0.15, 0.2) is 61.2 Å². The summed E-state index contributed by atoms with van der Waals surface area (Å²) in [5.74, 6) is 0.880. The van der Waals surface area contributed by atoms with E-state index in [0.29, 0.717) is 11.6 Å². The maximum absolute atomic E-state index is 11.9. The number of aromatic nitrogens is 3. The molecule has 0 saturated carbocycles. The van der Waals surface area contributed by atoms with Gasteiger partial charge in [-0.1, -0.05) is 18.2 Å². The molecule has 2 heterocycles. The second-order valence-electron chi connectivity index (χ2n) is 5.13. The third kappa shape index (κ3) is 4.57. The van der Waals surface area contributed by atoms with Gasteiger partial charge in [-0.05, 0) is 24.3 Å². The summed E-state index contributed by atoms with van der Waals surface area (Å²) >= 11 is 0. The topological polar surface area (TPSA) is 127 Å². The van der Waals surface area contributed by atoms with E-state index in [1.165, 1.54) is 6.33 Å². The molecule has 0 fully saturated rings. The summed E-state index contributed by atoms with van der Waals surface area (Å²) in [7, 11) is 0. The molecule has 0 saturated heterocycles. The molecule has 0 spiro atoms. The van der Waals surface area contributed by atoms with Crippen molar-refractivity contribution in [3.8, 4) is 5.75 Å². The van der Waals surface area contributed by atoms with Crippen LogP contribution in [0.1, 0.15) is 0 Å². The number of nitrogens with zero attached hydrogens (tertiary/aromatic N) is 3. The first-order chi connectivity index (χ1) is 12.7. The number of carbonyl (C=O) groups excluding carboxylic acids is 1. The predicted octanol–water partition coefficient (Wildman–Crippen LogP) is 1.72. The third-order valence-electron chi connectivity index (χ3n) is 3.24. The number of nitrogens with one attached hydrogen (secondary N) is 3. The fraction of sp³-hybridized carbons (Fsp3) is 0.0588. The number of anilines is 4. The number of hydrogen-bond donors (Lipinski definition) is 4. The number of pyridine rings is 1. The first-order valence-corrected chi connectivity index (χ1v) is 7.72. The summed E-state index contributed by atoms with van der Waals surface area (Å²) in [5, 5.41) is 3.03. The maximum Gasteiger partial charge on any atom is 0.276 e. The van der Waals surface area contributed by atoms with Gasteiger partial charge in [-0.2, -0.15) is 0 Å². The Labute approximate surface area is 149 Å². The molecule has 5 N–H and O–H groups in total. The number of nitrogen functional groups attached to an aromatic ring is 1. The fourth-order valence-corrected chi connectivity index (χ4v) is 2.00. The summed E-state index contributed by atoms with van der Waals surface area (Å²) in [5.41, 5.74) is 12.1. The van der Waals surface area contributed by atoms with Crippen LogP contribution in [0.5, 0.6) is 5.75 Å². The number of benzene rings is 1. The number of carbonyl (C=O) groups is 1. The standard InChI is InChI=1S/C17H17N7O2/c18-15-16(22-12-5-4-8-19-9-12)20-11-21-17(15)24-23-14(25)10-26-13-6-2-1-3-7-13/h1-9,11H,10,18H2,(H,23,25)(H2,20,21,22,24). The van der Waals surface area contributed by atoms with Crippen molar-refractivity contribution in [1.82, 2.24) is 20.4 Å². The molecular weight excluding hydrogens is 334 g/mol. The van der Waals surface area contributed by atoms with Crippen LogP contribution in [0.3, 0.4) is 0 Å². The van der Waals surface area contributed by atoms with E-state index in [0.717, 1.165) is 5.69 Å². The van der Waals surface area contributed by atoms with Crippen LogP contribution in [0, 0.1) is 0 Å². The number of ether oxygens (including phenoxy) is 1.